The Balaban J connectivity index is 2.04. The highest BCUT2D eigenvalue weighted by Crippen LogP contribution is 2.35. The van der Waals surface area contributed by atoms with Crippen molar-refractivity contribution in [2.45, 2.75) is 32.1 Å². The van der Waals surface area contributed by atoms with Gasteiger partial charge in [0.05, 0.1) is 15.5 Å². The lowest BCUT2D eigenvalue weighted by molar-refractivity contribution is -0.127. The average Bonchev–Trinajstić information content (AvgIpc) is 2.60. The third kappa shape index (κ3) is 4.42. The maximum atomic E-state index is 12.9. The average molecular weight is 372 g/mol. The van der Waals surface area contributed by atoms with Gasteiger partial charge < -0.3 is 10.6 Å². The number of nitrogens with zero attached hydrogens (tertiary/aromatic N) is 1. The SMILES string of the molecule is CCC(CC)(C(=O)NCCN1CCNCC1)c1ccc(Cl)c(Cl)c1. The first-order valence-corrected chi connectivity index (χ1v) is 9.46. The van der Waals surface area contributed by atoms with Gasteiger partial charge in [0, 0.05) is 39.3 Å². The molecule has 24 heavy (non-hydrogen) atoms. The zero-order valence-corrected chi connectivity index (χ0v) is 16.0. The van der Waals surface area contributed by atoms with E-state index in [9.17, 15) is 4.79 Å². The molecule has 1 fully saturated rings. The molecule has 0 atom stereocenters. The van der Waals surface area contributed by atoms with Crippen LogP contribution in [-0.2, 0) is 10.2 Å². The Morgan fingerprint density at radius 1 is 1.21 bits per heavy atom. The van der Waals surface area contributed by atoms with Gasteiger partial charge in [0.15, 0.2) is 0 Å². The Labute approximate surface area is 154 Å². The third-order valence-corrected chi connectivity index (χ3v) is 5.78. The molecule has 134 valence electrons. The van der Waals surface area contributed by atoms with Gasteiger partial charge in [-0.25, -0.2) is 0 Å². The highest BCUT2D eigenvalue weighted by Gasteiger charge is 2.36. The summed E-state index contributed by atoms with van der Waals surface area (Å²) in [4.78, 5) is 15.3. The van der Waals surface area contributed by atoms with Crippen molar-refractivity contribution in [2.24, 2.45) is 0 Å². The van der Waals surface area contributed by atoms with Crippen LogP contribution in [0.15, 0.2) is 18.2 Å². The topological polar surface area (TPSA) is 44.4 Å². The number of benzene rings is 1. The fourth-order valence-electron chi connectivity index (χ4n) is 3.34. The lowest BCUT2D eigenvalue weighted by atomic mass is 9.75. The molecule has 1 aromatic carbocycles. The molecule has 0 bridgehead atoms. The van der Waals surface area contributed by atoms with E-state index in [1.165, 1.54) is 0 Å². The minimum absolute atomic E-state index is 0.0704. The van der Waals surface area contributed by atoms with Crippen molar-refractivity contribution in [1.82, 2.24) is 15.5 Å². The Hall–Kier alpha value is -0.810. The predicted octanol–water partition coefficient (Wildman–Crippen LogP) is 3.07. The third-order valence-electron chi connectivity index (χ3n) is 5.04. The minimum atomic E-state index is -0.558. The van der Waals surface area contributed by atoms with Gasteiger partial charge in [-0.2, -0.15) is 0 Å². The summed E-state index contributed by atoms with van der Waals surface area (Å²) in [5, 5.41) is 7.47. The van der Waals surface area contributed by atoms with E-state index in [1.54, 1.807) is 6.07 Å². The molecule has 1 saturated heterocycles. The summed E-state index contributed by atoms with van der Waals surface area (Å²) in [5.41, 5.74) is 0.374. The van der Waals surface area contributed by atoms with Gasteiger partial charge in [0.25, 0.3) is 0 Å². The number of halogens is 2. The predicted molar refractivity (Wildman–Crippen MR) is 101 cm³/mol. The Morgan fingerprint density at radius 2 is 1.88 bits per heavy atom. The zero-order valence-electron chi connectivity index (χ0n) is 14.5. The van der Waals surface area contributed by atoms with Crippen LogP contribution in [0.4, 0.5) is 0 Å². The number of carbonyl (C=O) groups excluding carboxylic acids is 1. The molecule has 0 aromatic heterocycles. The molecule has 2 N–H and O–H groups in total. The second kappa shape index (κ2) is 9.04. The number of rotatable bonds is 7. The van der Waals surface area contributed by atoms with E-state index in [1.807, 2.05) is 26.0 Å². The number of hydrogen-bond donors (Lipinski definition) is 2. The summed E-state index contributed by atoms with van der Waals surface area (Å²) in [5.74, 6) is 0.0704. The summed E-state index contributed by atoms with van der Waals surface area (Å²) < 4.78 is 0. The Morgan fingerprint density at radius 3 is 2.46 bits per heavy atom. The second-order valence-corrected chi connectivity index (χ2v) is 7.08. The monoisotopic (exact) mass is 371 g/mol. The molecule has 0 spiro atoms. The van der Waals surface area contributed by atoms with Gasteiger partial charge in [0.2, 0.25) is 5.91 Å². The highest BCUT2D eigenvalue weighted by molar-refractivity contribution is 6.42. The Kier molecular flexibility index (Phi) is 7.35. The smallest absolute Gasteiger partial charge is 0.230 e. The van der Waals surface area contributed by atoms with Crippen LogP contribution in [0, 0.1) is 0 Å². The molecular weight excluding hydrogens is 345 g/mol. The summed E-state index contributed by atoms with van der Waals surface area (Å²) in [6.07, 6.45) is 1.45. The molecule has 1 aliphatic heterocycles. The fraction of sp³-hybridized carbons (Fsp3) is 0.611. The van der Waals surface area contributed by atoms with Crippen molar-refractivity contribution in [3.63, 3.8) is 0 Å². The van der Waals surface area contributed by atoms with E-state index in [-0.39, 0.29) is 5.91 Å². The van der Waals surface area contributed by atoms with Gasteiger partial charge >= 0.3 is 0 Å². The van der Waals surface area contributed by atoms with Crippen LogP contribution in [0.25, 0.3) is 0 Å². The first-order chi connectivity index (χ1) is 11.5. The zero-order chi connectivity index (χ0) is 17.6. The fourth-order valence-corrected chi connectivity index (χ4v) is 3.63. The van der Waals surface area contributed by atoms with Crippen LogP contribution in [0.2, 0.25) is 10.0 Å². The summed E-state index contributed by atoms with van der Waals surface area (Å²) in [6.45, 7) is 9.75. The highest BCUT2D eigenvalue weighted by atomic mass is 35.5. The summed E-state index contributed by atoms with van der Waals surface area (Å²) >= 11 is 12.2. The van der Waals surface area contributed by atoms with Gasteiger partial charge in [0.1, 0.15) is 0 Å². The summed E-state index contributed by atoms with van der Waals surface area (Å²) in [7, 11) is 0. The van der Waals surface area contributed by atoms with E-state index >= 15 is 0 Å². The van der Waals surface area contributed by atoms with Crippen molar-refractivity contribution < 1.29 is 4.79 Å². The molecule has 0 radical (unpaired) electrons. The van der Waals surface area contributed by atoms with Crippen LogP contribution in [-0.4, -0.2) is 50.1 Å². The van der Waals surface area contributed by atoms with Gasteiger partial charge in [-0.15, -0.1) is 0 Å². The summed E-state index contributed by atoms with van der Waals surface area (Å²) in [6, 6.07) is 5.51. The van der Waals surface area contributed by atoms with Crippen molar-refractivity contribution >= 4 is 29.1 Å². The number of hydrogen-bond acceptors (Lipinski definition) is 3. The van der Waals surface area contributed by atoms with Gasteiger partial charge in [-0.3, -0.25) is 9.69 Å². The van der Waals surface area contributed by atoms with E-state index in [2.05, 4.69) is 15.5 Å². The lowest BCUT2D eigenvalue weighted by Crippen LogP contribution is -2.49. The molecule has 4 nitrogen and oxygen atoms in total. The van der Waals surface area contributed by atoms with Crippen molar-refractivity contribution in [3.8, 4) is 0 Å². The largest absolute Gasteiger partial charge is 0.354 e. The molecular formula is C18H27Cl2N3O. The Bertz CT molecular complexity index is 555. The van der Waals surface area contributed by atoms with Crippen molar-refractivity contribution in [2.75, 3.05) is 39.3 Å². The first-order valence-electron chi connectivity index (χ1n) is 8.70. The maximum Gasteiger partial charge on any atom is 0.230 e. The molecule has 6 heteroatoms. The lowest BCUT2D eigenvalue weighted by Gasteiger charge is -2.32. The van der Waals surface area contributed by atoms with Crippen LogP contribution in [0.3, 0.4) is 0 Å². The van der Waals surface area contributed by atoms with Crippen LogP contribution in [0.5, 0.6) is 0 Å². The van der Waals surface area contributed by atoms with Crippen molar-refractivity contribution in [1.29, 1.82) is 0 Å². The van der Waals surface area contributed by atoms with Crippen LogP contribution < -0.4 is 10.6 Å². The molecule has 0 aliphatic carbocycles. The molecule has 2 rings (SSSR count). The van der Waals surface area contributed by atoms with E-state index in [0.29, 0.717) is 16.6 Å². The second-order valence-electron chi connectivity index (χ2n) is 6.27. The van der Waals surface area contributed by atoms with Gasteiger partial charge in [-0.05, 0) is 30.5 Å². The number of nitrogens with one attached hydrogen (secondary N) is 2. The van der Waals surface area contributed by atoms with Crippen LogP contribution in [0.1, 0.15) is 32.3 Å². The molecule has 1 heterocycles. The number of amides is 1. The molecule has 1 aliphatic rings. The van der Waals surface area contributed by atoms with Gasteiger partial charge in [-0.1, -0.05) is 43.1 Å². The normalized spacial score (nSPS) is 16.2. The van der Waals surface area contributed by atoms with E-state index in [0.717, 1.165) is 51.1 Å². The molecule has 0 saturated carbocycles. The van der Waals surface area contributed by atoms with Crippen molar-refractivity contribution in [3.05, 3.63) is 33.8 Å². The first kappa shape index (κ1) is 19.5. The molecule has 1 aromatic rings. The standard InChI is InChI=1S/C18H27Cl2N3O/c1-3-18(4-2,14-5-6-15(19)16(20)13-14)17(24)22-9-12-23-10-7-21-8-11-23/h5-6,13,21H,3-4,7-12H2,1-2H3,(H,22,24). The number of carbonyl (C=O) groups is 1. The van der Waals surface area contributed by atoms with E-state index in [4.69, 9.17) is 23.2 Å². The molecule has 1 amide bonds. The quantitative estimate of drug-likeness (QED) is 0.773. The number of piperazine rings is 1. The minimum Gasteiger partial charge on any atom is -0.354 e. The molecule has 0 unspecified atom stereocenters. The maximum absolute atomic E-state index is 12.9. The van der Waals surface area contributed by atoms with Crippen LogP contribution >= 0.6 is 23.2 Å². The van der Waals surface area contributed by atoms with E-state index < -0.39 is 5.41 Å².